The van der Waals surface area contributed by atoms with Crippen LogP contribution in [-0.4, -0.2) is 13.1 Å². The summed E-state index contributed by atoms with van der Waals surface area (Å²) in [6.45, 7) is 6.71. The Hall–Kier alpha value is -1.02. The zero-order valence-corrected chi connectivity index (χ0v) is 9.61. The van der Waals surface area contributed by atoms with Crippen molar-refractivity contribution in [3.05, 3.63) is 29.8 Å². The summed E-state index contributed by atoms with van der Waals surface area (Å²) < 4.78 is 0. The lowest BCUT2D eigenvalue weighted by Gasteiger charge is -2.41. The molecule has 15 heavy (non-hydrogen) atoms. The number of benzene rings is 1. The maximum atomic E-state index is 5.88. The number of nitrogens with zero attached hydrogens (tertiary/aromatic N) is 1. The minimum Gasteiger partial charge on any atom is -0.371 e. The van der Waals surface area contributed by atoms with E-state index in [2.05, 4.69) is 36.1 Å². The average molecular weight is 204 g/mol. The quantitative estimate of drug-likeness (QED) is 0.820. The molecule has 1 aromatic carbocycles. The third-order valence-corrected chi connectivity index (χ3v) is 3.30. The first-order valence-electron chi connectivity index (χ1n) is 5.81. The molecule has 1 unspecified atom stereocenters. The van der Waals surface area contributed by atoms with Gasteiger partial charge in [-0.2, -0.15) is 0 Å². The van der Waals surface area contributed by atoms with Gasteiger partial charge in [0.05, 0.1) is 0 Å². The largest absolute Gasteiger partial charge is 0.371 e. The normalized spacial score (nSPS) is 18.7. The van der Waals surface area contributed by atoms with Crippen molar-refractivity contribution in [2.45, 2.75) is 26.3 Å². The molecular weight excluding hydrogens is 184 g/mol. The molecule has 0 saturated carbocycles. The molecule has 0 amide bonds. The molecule has 1 heterocycles. The highest BCUT2D eigenvalue weighted by Gasteiger charge is 2.25. The third kappa shape index (κ3) is 2.15. The molecule has 1 atom stereocenters. The average Bonchev–Trinajstić information content (AvgIpc) is 2.16. The van der Waals surface area contributed by atoms with Crippen LogP contribution in [0.4, 0.5) is 5.69 Å². The van der Waals surface area contributed by atoms with Gasteiger partial charge in [-0.15, -0.1) is 0 Å². The predicted octanol–water partition coefficient (Wildman–Crippen LogP) is 2.55. The number of hydrogen-bond acceptors (Lipinski definition) is 2. The smallest absolute Gasteiger partial charge is 0.0369 e. The molecule has 0 spiro atoms. The molecule has 1 aliphatic heterocycles. The lowest BCUT2D eigenvalue weighted by molar-refractivity contribution is 0.399. The van der Waals surface area contributed by atoms with E-state index in [0.717, 1.165) is 5.92 Å². The van der Waals surface area contributed by atoms with E-state index in [4.69, 9.17) is 5.73 Å². The van der Waals surface area contributed by atoms with Gasteiger partial charge >= 0.3 is 0 Å². The second kappa shape index (κ2) is 4.23. The molecule has 1 fully saturated rings. The van der Waals surface area contributed by atoms with Crippen LogP contribution in [0.15, 0.2) is 24.3 Å². The van der Waals surface area contributed by atoms with Gasteiger partial charge in [0, 0.05) is 24.8 Å². The molecule has 2 nitrogen and oxygen atoms in total. The van der Waals surface area contributed by atoms with Crippen molar-refractivity contribution in [3.8, 4) is 0 Å². The molecular formula is C13H20N2. The molecule has 0 bridgehead atoms. The van der Waals surface area contributed by atoms with Crippen LogP contribution in [0.2, 0.25) is 0 Å². The SMILES string of the molecule is CCC1CN(c2cccc(C(C)N)c2)C1. The number of anilines is 1. The first kappa shape index (κ1) is 10.5. The summed E-state index contributed by atoms with van der Waals surface area (Å²) in [6, 6.07) is 8.74. The maximum Gasteiger partial charge on any atom is 0.0369 e. The van der Waals surface area contributed by atoms with Crippen molar-refractivity contribution < 1.29 is 0 Å². The van der Waals surface area contributed by atoms with Gasteiger partial charge in [0.1, 0.15) is 0 Å². The van der Waals surface area contributed by atoms with Gasteiger partial charge in [-0.25, -0.2) is 0 Å². The summed E-state index contributed by atoms with van der Waals surface area (Å²) in [5.74, 6) is 0.893. The van der Waals surface area contributed by atoms with E-state index in [1.807, 2.05) is 6.92 Å². The van der Waals surface area contributed by atoms with Gasteiger partial charge in [0.2, 0.25) is 0 Å². The van der Waals surface area contributed by atoms with Gasteiger partial charge in [-0.3, -0.25) is 0 Å². The van der Waals surface area contributed by atoms with E-state index in [9.17, 15) is 0 Å². The predicted molar refractivity (Wildman–Crippen MR) is 65.0 cm³/mol. The van der Waals surface area contributed by atoms with Crippen LogP contribution in [0.3, 0.4) is 0 Å². The standard InChI is InChI=1S/C13H20N2/c1-3-11-8-15(9-11)13-6-4-5-12(7-13)10(2)14/h4-7,10-11H,3,8-9,14H2,1-2H3. The summed E-state index contributed by atoms with van der Waals surface area (Å²) >= 11 is 0. The zero-order chi connectivity index (χ0) is 10.8. The maximum absolute atomic E-state index is 5.88. The van der Waals surface area contributed by atoms with Crippen LogP contribution in [-0.2, 0) is 0 Å². The van der Waals surface area contributed by atoms with Gasteiger partial charge in [0.25, 0.3) is 0 Å². The van der Waals surface area contributed by atoms with E-state index in [0.29, 0.717) is 0 Å². The Kier molecular flexibility index (Phi) is 2.96. The second-order valence-electron chi connectivity index (χ2n) is 4.56. The van der Waals surface area contributed by atoms with Crippen LogP contribution in [0.5, 0.6) is 0 Å². The molecule has 1 aromatic rings. The fourth-order valence-corrected chi connectivity index (χ4v) is 2.04. The highest BCUT2D eigenvalue weighted by atomic mass is 15.2. The van der Waals surface area contributed by atoms with Crippen LogP contribution in [0.1, 0.15) is 31.9 Å². The molecule has 2 N–H and O–H groups in total. The van der Waals surface area contributed by atoms with Gasteiger partial charge < -0.3 is 10.6 Å². The van der Waals surface area contributed by atoms with Gasteiger partial charge in [-0.05, 0) is 37.0 Å². The summed E-state index contributed by atoms with van der Waals surface area (Å²) in [5.41, 5.74) is 8.43. The molecule has 2 heteroatoms. The summed E-state index contributed by atoms with van der Waals surface area (Å²) in [6.07, 6.45) is 1.30. The highest BCUT2D eigenvalue weighted by molar-refractivity contribution is 5.51. The Balaban J connectivity index is 2.06. The Morgan fingerprint density at radius 3 is 2.80 bits per heavy atom. The van der Waals surface area contributed by atoms with Gasteiger partial charge in [0.15, 0.2) is 0 Å². The van der Waals surface area contributed by atoms with E-state index in [1.165, 1.54) is 30.8 Å². The minimum absolute atomic E-state index is 0.133. The van der Waals surface area contributed by atoms with Crippen molar-refractivity contribution in [2.24, 2.45) is 11.7 Å². The van der Waals surface area contributed by atoms with Crippen molar-refractivity contribution in [3.63, 3.8) is 0 Å². The lowest BCUT2D eigenvalue weighted by atomic mass is 9.96. The van der Waals surface area contributed by atoms with Crippen molar-refractivity contribution >= 4 is 5.69 Å². The summed E-state index contributed by atoms with van der Waals surface area (Å²) in [5, 5.41) is 0. The summed E-state index contributed by atoms with van der Waals surface area (Å²) in [7, 11) is 0. The van der Waals surface area contributed by atoms with Crippen molar-refractivity contribution in [1.29, 1.82) is 0 Å². The molecule has 0 radical (unpaired) electrons. The Morgan fingerprint density at radius 2 is 2.20 bits per heavy atom. The topological polar surface area (TPSA) is 29.3 Å². The van der Waals surface area contributed by atoms with E-state index in [1.54, 1.807) is 0 Å². The fourth-order valence-electron chi connectivity index (χ4n) is 2.04. The van der Waals surface area contributed by atoms with Gasteiger partial charge in [-0.1, -0.05) is 19.1 Å². The fraction of sp³-hybridized carbons (Fsp3) is 0.538. The minimum atomic E-state index is 0.133. The first-order chi connectivity index (χ1) is 7.20. The first-order valence-corrected chi connectivity index (χ1v) is 5.81. The van der Waals surface area contributed by atoms with Crippen LogP contribution < -0.4 is 10.6 Å². The molecule has 82 valence electrons. The monoisotopic (exact) mass is 204 g/mol. The molecule has 1 saturated heterocycles. The third-order valence-electron chi connectivity index (χ3n) is 3.30. The summed E-state index contributed by atoms with van der Waals surface area (Å²) in [4.78, 5) is 2.43. The van der Waals surface area contributed by atoms with E-state index < -0.39 is 0 Å². The number of nitrogens with two attached hydrogens (primary N) is 1. The van der Waals surface area contributed by atoms with Crippen LogP contribution in [0, 0.1) is 5.92 Å². The molecule has 0 aromatic heterocycles. The molecule has 1 aliphatic rings. The van der Waals surface area contributed by atoms with Crippen LogP contribution in [0.25, 0.3) is 0 Å². The Bertz CT molecular complexity index is 327. The molecule has 0 aliphatic carbocycles. The number of hydrogen-bond donors (Lipinski definition) is 1. The second-order valence-corrected chi connectivity index (χ2v) is 4.56. The van der Waals surface area contributed by atoms with E-state index in [-0.39, 0.29) is 6.04 Å². The van der Waals surface area contributed by atoms with Crippen molar-refractivity contribution in [2.75, 3.05) is 18.0 Å². The lowest BCUT2D eigenvalue weighted by Crippen LogP contribution is -2.46. The van der Waals surface area contributed by atoms with E-state index >= 15 is 0 Å². The highest BCUT2D eigenvalue weighted by Crippen LogP contribution is 2.27. The molecule has 2 rings (SSSR count). The zero-order valence-electron chi connectivity index (χ0n) is 9.61. The Morgan fingerprint density at radius 1 is 1.47 bits per heavy atom. The van der Waals surface area contributed by atoms with Crippen LogP contribution >= 0.6 is 0 Å². The Labute approximate surface area is 92.1 Å². The van der Waals surface area contributed by atoms with Crippen molar-refractivity contribution in [1.82, 2.24) is 0 Å². The number of rotatable bonds is 3.